The third-order valence-corrected chi connectivity index (χ3v) is 3.73. The molecule has 1 atom stereocenters. The molecular weight excluding hydrogens is 264 g/mol. The summed E-state index contributed by atoms with van der Waals surface area (Å²) in [7, 11) is 1.67. The van der Waals surface area contributed by atoms with Crippen molar-refractivity contribution in [3.8, 4) is 17.0 Å². The molecule has 5 nitrogen and oxygen atoms in total. The van der Waals surface area contributed by atoms with Gasteiger partial charge in [-0.2, -0.15) is 0 Å². The van der Waals surface area contributed by atoms with Crippen LogP contribution in [-0.2, 0) is 0 Å². The Bertz CT molecular complexity index is 644. The van der Waals surface area contributed by atoms with Crippen LogP contribution >= 0.6 is 0 Å². The second-order valence-electron chi connectivity index (χ2n) is 5.39. The molecule has 0 bridgehead atoms. The van der Waals surface area contributed by atoms with Gasteiger partial charge in [-0.15, -0.1) is 0 Å². The van der Waals surface area contributed by atoms with Gasteiger partial charge in [-0.3, -0.25) is 0 Å². The highest BCUT2D eigenvalue weighted by Gasteiger charge is 2.22. The minimum Gasteiger partial charge on any atom is -0.496 e. The molecule has 3 rings (SSSR count). The van der Waals surface area contributed by atoms with Crippen molar-refractivity contribution < 1.29 is 4.74 Å². The van der Waals surface area contributed by atoms with Crippen molar-refractivity contribution in [2.24, 2.45) is 5.73 Å². The number of ether oxygens (including phenoxy) is 1. The second kappa shape index (κ2) is 5.69. The minimum atomic E-state index is 0.212. The van der Waals surface area contributed by atoms with Crippen LogP contribution in [0.15, 0.2) is 30.3 Å². The lowest BCUT2D eigenvalue weighted by Gasteiger charge is -2.17. The van der Waals surface area contributed by atoms with Crippen LogP contribution in [-0.4, -0.2) is 36.2 Å². The van der Waals surface area contributed by atoms with Crippen LogP contribution in [0.2, 0.25) is 0 Å². The van der Waals surface area contributed by atoms with E-state index in [0.29, 0.717) is 0 Å². The van der Waals surface area contributed by atoms with E-state index in [1.807, 2.05) is 37.3 Å². The van der Waals surface area contributed by atoms with Crippen molar-refractivity contribution in [3.63, 3.8) is 0 Å². The molecule has 2 aromatic rings. The summed E-state index contributed by atoms with van der Waals surface area (Å²) in [5.41, 5.74) is 8.79. The molecule has 1 fully saturated rings. The highest BCUT2D eigenvalue weighted by molar-refractivity contribution is 5.68. The predicted molar refractivity (Wildman–Crippen MR) is 83.6 cm³/mol. The maximum absolute atomic E-state index is 5.98. The number of benzene rings is 1. The van der Waals surface area contributed by atoms with E-state index < -0.39 is 0 Å². The summed E-state index contributed by atoms with van der Waals surface area (Å²) < 4.78 is 5.43. The van der Waals surface area contributed by atoms with Crippen molar-refractivity contribution in [1.29, 1.82) is 0 Å². The van der Waals surface area contributed by atoms with Crippen LogP contribution in [0.4, 0.5) is 5.95 Å². The summed E-state index contributed by atoms with van der Waals surface area (Å²) in [6, 6.07) is 10.1. The topological polar surface area (TPSA) is 64.3 Å². The number of nitrogens with zero attached hydrogens (tertiary/aromatic N) is 3. The monoisotopic (exact) mass is 284 g/mol. The zero-order chi connectivity index (χ0) is 14.8. The van der Waals surface area contributed by atoms with E-state index in [-0.39, 0.29) is 6.04 Å². The molecule has 5 heteroatoms. The molecule has 0 spiro atoms. The molecule has 1 aliphatic heterocycles. The van der Waals surface area contributed by atoms with E-state index >= 15 is 0 Å². The Balaban J connectivity index is 2.01. The number of hydrogen-bond donors (Lipinski definition) is 1. The van der Waals surface area contributed by atoms with Gasteiger partial charge in [0.1, 0.15) is 5.75 Å². The highest BCUT2D eigenvalue weighted by Crippen LogP contribution is 2.30. The van der Waals surface area contributed by atoms with Gasteiger partial charge < -0.3 is 15.4 Å². The number of hydrogen-bond acceptors (Lipinski definition) is 5. The number of aryl methyl sites for hydroxylation is 1. The quantitative estimate of drug-likeness (QED) is 0.934. The number of nitrogens with two attached hydrogens (primary N) is 1. The van der Waals surface area contributed by atoms with E-state index in [2.05, 4.69) is 9.88 Å². The van der Waals surface area contributed by atoms with E-state index in [4.69, 9.17) is 15.5 Å². The molecule has 0 radical (unpaired) electrons. The van der Waals surface area contributed by atoms with E-state index in [9.17, 15) is 0 Å². The Morgan fingerprint density at radius 2 is 2.10 bits per heavy atom. The lowest BCUT2D eigenvalue weighted by atomic mass is 10.1. The fourth-order valence-corrected chi connectivity index (χ4v) is 2.66. The number of anilines is 1. The van der Waals surface area contributed by atoms with Gasteiger partial charge in [-0.1, -0.05) is 12.1 Å². The first-order valence-corrected chi connectivity index (χ1v) is 7.17. The first kappa shape index (κ1) is 13.8. The third kappa shape index (κ3) is 2.83. The molecule has 21 heavy (non-hydrogen) atoms. The van der Waals surface area contributed by atoms with Crippen molar-refractivity contribution in [2.45, 2.75) is 19.4 Å². The Morgan fingerprint density at radius 1 is 1.29 bits per heavy atom. The van der Waals surface area contributed by atoms with Crippen LogP contribution in [0.25, 0.3) is 11.3 Å². The number of para-hydroxylation sites is 1. The predicted octanol–water partition coefficient (Wildman–Crippen LogP) is 2.00. The van der Waals surface area contributed by atoms with Crippen LogP contribution in [0.3, 0.4) is 0 Å². The van der Waals surface area contributed by atoms with E-state index in [1.165, 1.54) is 0 Å². The van der Waals surface area contributed by atoms with Crippen LogP contribution in [0, 0.1) is 6.92 Å². The van der Waals surface area contributed by atoms with Gasteiger partial charge in [0.15, 0.2) is 0 Å². The Hall–Kier alpha value is -2.14. The van der Waals surface area contributed by atoms with Gasteiger partial charge in [0.05, 0.1) is 12.8 Å². The van der Waals surface area contributed by atoms with Gasteiger partial charge in [0.2, 0.25) is 5.95 Å². The Morgan fingerprint density at radius 3 is 2.81 bits per heavy atom. The summed E-state index contributed by atoms with van der Waals surface area (Å²) >= 11 is 0. The average molecular weight is 284 g/mol. The highest BCUT2D eigenvalue weighted by atomic mass is 16.5. The molecule has 0 amide bonds. The van der Waals surface area contributed by atoms with Gasteiger partial charge in [-0.05, 0) is 31.5 Å². The van der Waals surface area contributed by atoms with Gasteiger partial charge in [-0.25, -0.2) is 9.97 Å². The second-order valence-corrected chi connectivity index (χ2v) is 5.39. The molecule has 2 heterocycles. The molecule has 1 unspecified atom stereocenters. The minimum absolute atomic E-state index is 0.212. The van der Waals surface area contributed by atoms with Gasteiger partial charge in [0, 0.05) is 30.4 Å². The van der Waals surface area contributed by atoms with Crippen LogP contribution < -0.4 is 15.4 Å². The Labute approximate surface area is 124 Å². The lowest BCUT2D eigenvalue weighted by molar-refractivity contribution is 0.416. The molecule has 1 aromatic heterocycles. The third-order valence-electron chi connectivity index (χ3n) is 3.73. The maximum atomic E-state index is 5.98. The average Bonchev–Trinajstić information content (AvgIpc) is 2.93. The van der Waals surface area contributed by atoms with Crippen LogP contribution in [0.5, 0.6) is 5.75 Å². The summed E-state index contributed by atoms with van der Waals surface area (Å²) in [5.74, 6) is 1.57. The standard InChI is InChI=1S/C16H20N4O/c1-11-9-14(13-5-3-4-6-15(13)21-2)19-16(18-11)20-8-7-12(17)10-20/h3-6,9,12H,7-8,10,17H2,1-2H3. The summed E-state index contributed by atoms with van der Waals surface area (Å²) in [6.45, 7) is 3.71. The molecule has 0 saturated carbocycles. The molecule has 0 aliphatic carbocycles. The molecule has 1 aromatic carbocycles. The zero-order valence-corrected chi connectivity index (χ0v) is 12.4. The number of aromatic nitrogens is 2. The fourth-order valence-electron chi connectivity index (χ4n) is 2.66. The smallest absolute Gasteiger partial charge is 0.226 e. The van der Waals surface area contributed by atoms with Crippen molar-refractivity contribution >= 4 is 5.95 Å². The summed E-state index contributed by atoms with van der Waals surface area (Å²) in [4.78, 5) is 11.4. The number of methoxy groups -OCH3 is 1. The normalized spacial score (nSPS) is 18.0. The Kier molecular flexibility index (Phi) is 3.75. The fraction of sp³-hybridized carbons (Fsp3) is 0.375. The first-order chi connectivity index (χ1) is 10.2. The van der Waals surface area contributed by atoms with E-state index in [1.54, 1.807) is 7.11 Å². The first-order valence-electron chi connectivity index (χ1n) is 7.17. The summed E-state index contributed by atoms with van der Waals surface area (Å²) in [6.07, 6.45) is 0.987. The van der Waals surface area contributed by atoms with Crippen LogP contribution in [0.1, 0.15) is 12.1 Å². The number of rotatable bonds is 3. The molecular formula is C16H20N4O. The maximum Gasteiger partial charge on any atom is 0.226 e. The van der Waals surface area contributed by atoms with Gasteiger partial charge in [0.25, 0.3) is 0 Å². The van der Waals surface area contributed by atoms with Gasteiger partial charge >= 0.3 is 0 Å². The van der Waals surface area contributed by atoms with E-state index in [0.717, 1.165) is 48.2 Å². The SMILES string of the molecule is COc1ccccc1-c1cc(C)nc(N2CCC(N)C2)n1. The molecule has 110 valence electrons. The van der Waals surface area contributed by atoms with Crippen molar-refractivity contribution in [3.05, 3.63) is 36.0 Å². The summed E-state index contributed by atoms with van der Waals surface area (Å²) in [5, 5.41) is 0. The molecule has 1 aliphatic rings. The largest absolute Gasteiger partial charge is 0.496 e. The lowest BCUT2D eigenvalue weighted by Crippen LogP contribution is -2.27. The van der Waals surface area contributed by atoms with Crippen molar-refractivity contribution in [1.82, 2.24) is 9.97 Å². The zero-order valence-electron chi connectivity index (χ0n) is 12.4. The molecule has 2 N–H and O–H groups in total. The molecule has 1 saturated heterocycles. The van der Waals surface area contributed by atoms with Crippen molar-refractivity contribution in [2.75, 3.05) is 25.1 Å².